The molecule has 41 heavy (non-hydrogen) atoms. The molecule has 13 nitrogen and oxygen atoms in total. The van der Waals surface area contributed by atoms with Gasteiger partial charge in [-0.05, 0) is 33.3 Å². The Bertz CT molecular complexity index is 1250. The third-order valence-corrected chi connectivity index (χ3v) is 10.6. The van der Waals surface area contributed by atoms with Crippen LogP contribution < -0.4 is 0 Å². The second-order valence-corrected chi connectivity index (χ2v) is 13.2. The van der Waals surface area contributed by atoms with Gasteiger partial charge in [-0.15, -0.1) is 0 Å². The molecule has 0 radical (unpaired) electrons. The number of esters is 3. The van der Waals surface area contributed by atoms with Gasteiger partial charge in [0.2, 0.25) is 6.29 Å². The van der Waals surface area contributed by atoms with Crippen LogP contribution in [0.1, 0.15) is 60.8 Å². The first-order valence-electron chi connectivity index (χ1n) is 13.6. The second-order valence-electron chi connectivity index (χ2n) is 13.2. The van der Waals surface area contributed by atoms with Crippen LogP contribution in [-0.2, 0) is 42.9 Å². The van der Waals surface area contributed by atoms with E-state index in [0.29, 0.717) is 0 Å². The number of ketones is 1. The van der Waals surface area contributed by atoms with Gasteiger partial charge < -0.3 is 39.4 Å². The van der Waals surface area contributed by atoms with Gasteiger partial charge in [0.1, 0.15) is 23.6 Å². The van der Waals surface area contributed by atoms with Gasteiger partial charge in [-0.25, -0.2) is 9.59 Å². The molecular formula is C28H36O13. The topological polar surface area (TPSA) is 206 Å². The number of rotatable bonds is 6. The summed E-state index contributed by atoms with van der Waals surface area (Å²) in [6.07, 6.45) is -7.03. The molecule has 4 N–H and O–H groups in total. The molecule has 2 aliphatic carbocycles. The molecule has 3 aliphatic heterocycles. The summed E-state index contributed by atoms with van der Waals surface area (Å²) < 4.78 is 22.2. The summed E-state index contributed by atoms with van der Waals surface area (Å²) in [5, 5.41) is 43.0. The zero-order valence-electron chi connectivity index (χ0n) is 23.7. The van der Waals surface area contributed by atoms with Crippen LogP contribution in [0.3, 0.4) is 0 Å². The van der Waals surface area contributed by atoms with Crippen molar-refractivity contribution in [2.24, 2.45) is 28.1 Å². The number of carbonyl (C=O) groups is 5. The van der Waals surface area contributed by atoms with Crippen molar-refractivity contribution in [3.05, 3.63) is 11.6 Å². The van der Waals surface area contributed by atoms with Gasteiger partial charge in [0.15, 0.2) is 6.10 Å². The van der Waals surface area contributed by atoms with E-state index in [-0.39, 0.29) is 18.4 Å². The number of aliphatic hydroxyl groups is 3. The third-order valence-electron chi connectivity index (χ3n) is 10.6. The molecule has 4 fully saturated rings. The minimum Gasteiger partial charge on any atom is -0.481 e. The van der Waals surface area contributed by atoms with E-state index in [9.17, 15) is 44.4 Å². The summed E-state index contributed by atoms with van der Waals surface area (Å²) in [5.74, 6) is -6.46. The van der Waals surface area contributed by atoms with Gasteiger partial charge >= 0.3 is 23.9 Å². The van der Waals surface area contributed by atoms with E-state index in [1.54, 1.807) is 13.8 Å². The first-order chi connectivity index (χ1) is 18.8. The maximum absolute atomic E-state index is 14.4. The Morgan fingerprint density at radius 3 is 2.27 bits per heavy atom. The van der Waals surface area contributed by atoms with Gasteiger partial charge in [0.25, 0.3) is 0 Å². The molecule has 3 heterocycles. The molecule has 226 valence electrons. The number of aliphatic carboxylic acids is 1. The zero-order valence-corrected chi connectivity index (χ0v) is 23.7. The van der Waals surface area contributed by atoms with Crippen molar-refractivity contribution in [3.8, 4) is 0 Å². The number of hydrogen-bond acceptors (Lipinski definition) is 12. The molecular weight excluding hydrogens is 544 g/mol. The average Bonchev–Trinajstić information content (AvgIpc) is 3.51. The zero-order chi connectivity index (χ0) is 30.7. The Balaban J connectivity index is 1.74. The number of fused-ring (bicyclic) bond motifs is 1. The average molecular weight is 581 g/mol. The predicted molar refractivity (Wildman–Crippen MR) is 133 cm³/mol. The Kier molecular flexibility index (Phi) is 6.37. The SMILES string of the molecule is CC(=O)O[C@@H](CC(=O)O)[C@]1(C)[C@H]2[C@@H](O)C[C@@]3(C)[C@H](C4=CC(O)OC4=O)OC(=O)[C@H]4O[C@]43[C@]2(C)C(=O)C[C@H]1C(C)(C)O. The van der Waals surface area contributed by atoms with E-state index < -0.39 is 106 Å². The van der Waals surface area contributed by atoms with Gasteiger partial charge in [-0.3, -0.25) is 14.4 Å². The van der Waals surface area contributed by atoms with Crippen LogP contribution in [0, 0.1) is 28.1 Å². The number of hydrogen-bond donors (Lipinski definition) is 4. The summed E-state index contributed by atoms with van der Waals surface area (Å²) in [6, 6.07) is 0. The quantitative estimate of drug-likeness (QED) is 0.186. The maximum atomic E-state index is 14.4. The highest BCUT2D eigenvalue weighted by atomic mass is 16.7. The van der Waals surface area contributed by atoms with Crippen LogP contribution in [0.2, 0.25) is 0 Å². The number of Topliss-reactive ketones (excluding diaryl/α,β-unsaturated/α-hetero) is 1. The van der Waals surface area contributed by atoms with Crippen LogP contribution in [0.4, 0.5) is 0 Å². The second kappa shape index (κ2) is 8.82. The van der Waals surface area contributed by atoms with Crippen molar-refractivity contribution >= 4 is 29.7 Å². The van der Waals surface area contributed by atoms with Crippen LogP contribution in [-0.4, -0.2) is 92.0 Å². The molecule has 2 saturated heterocycles. The molecule has 1 unspecified atom stereocenters. The van der Waals surface area contributed by atoms with E-state index in [1.807, 2.05) is 0 Å². The lowest BCUT2D eigenvalue weighted by Crippen LogP contribution is -2.77. The number of carbonyl (C=O) groups excluding carboxylic acids is 4. The van der Waals surface area contributed by atoms with Gasteiger partial charge in [-0.1, -0.05) is 13.8 Å². The number of carboxylic acids is 1. The molecule has 2 saturated carbocycles. The minimum atomic E-state index is -1.70. The highest BCUT2D eigenvalue weighted by Crippen LogP contribution is 2.77. The molecule has 0 bridgehead atoms. The van der Waals surface area contributed by atoms with Crippen molar-refractivity contribution in [1.82, 2.24) is 0 Å². The maximum Gasteiger partial charge on any atom is 0.340 e. The van der Waals surface area contributed by atoms with Crippen LogP contribution in [0.25, 0.3) is 0 Å². The Hall–Kier alpha value is -2.87. The fourth-order valence-corrected chi connectivity index (χ4v) is 9.19. The lowest BCUT2D eigenvalue weighted by molar-refractivity contribution is -0.261. The molecule has 0 amide bonds. The van der Waals surface area contributed by atoms with Crippen molar-refractivity contribution < 1.29 is 63.3 Å². The Labute approximate surface area is 235 Å². The molecule has 0 aromatic carbocycles. The fourth-order valence-electron chi connectivity index (χ4n) is 9.19. The molecule has 0 aromatic heterocycles. The van der Waals surface area contributed by atoms with E-state index in [0.717, 1.165) is 13.0 Å². The number of cyclic esters (lactones) is 2. The number of epoxide rings is 1. The summed E-state index contributed by atoms with van der Waals surface area (Å²) in [4.78, 5) is 64.5. The molecule has 0 aromatic rings. The summed E-state index contributed by atoms with van der Waals surface area (Å²) in [5.41, 5.74) is -7.96. The molecule has 5 rings (SSSR count). The smallest absolute Gasteiger partial charge is 0.340 e. The summed E-state index contributed by atoms with van der Waals surface area (Å²) in [6.45, 7) is 8.79. The summed E-state index contributed by atoms with van der Waals surface area (Å²) in [7, 11) is 0. The standard InChI is InChI=1S/C28H36O13/c1-11(29)38-16(9-17(32)33)26(5)14(24(2,3)37)8-15(31)27(6)19(26)13(30)10-25(4)20(12-7-18(34)39-22(12)35)40-23(36)21-28(25,27)41-21/h7,13-14,16,18-21,30,34,37H,8-10H2,1-6H3,(H,32,33)/t13-,14-,16-,18?,19+,20-,21+,25-,26+,27+,28+/m0/s1. The van der Waals surface area contributed by atoms with Crippen molar-refractivity contribution in [2.45, 2.75) is 103 Å². The first-order valence-corrected chi connectivity index (χ1v) is 13.6. The predicted octanol–water partition coefficient (Wildman–Crippen LogP) is 0.0170. The van der Waals surface area contributed by atoms with Crippen molar-refractivity contribution in [3.63, 3.8) is 0 Å². The number of aliphatic hydroxyl groups excluding tert-OH is 2. The minimum absolute atomic E-state index is 0.153. The molecule has 13 heteroatoms. The van der Waals surface area contributed by atoms with Gasteiger partial charge in [0, 0.05) is 36.0 Å². The number of carboxylic acid groups (broad SMARTS) is 1. The molecule has 5 aliphatic rings. The summed E-state index contributed by atoms with van der Waals surface area (Å²) >= 11 is 0. The van der Waals surface area contributed by atoms with E-state index >= 15 is 0 Å². The Morgan fingerprint density at radius 2 is 1.76 bits per heavy atom. The van der Waals surface area contributed by atoms with E-state index in [1.165, 1.54) is 20.8 Å². The normalized spacial score (nSPS) is 45.8. The number of ether oxygens (including phenoxy) is 4. The lowest BCUT2D eigenvalue weighted by Gasteiger charge is -2.67. The lowest BCUT2D eigenvalue weighted by atomic mass is 9.36. The van der Waals surface area contributed by atoms with E-state index in [4.69, 9.17) is 18.9 Å². The van der Waals surface area contributed by atoms with Crippen LogP contribution in [0.15, 0.2) is 11.6 Å². The van der Waals surface area contributed by atoms with Gasteiger partial charge in [-0.2, -0.15) is 0 Å². The van der Waals surface area contributed by atoms with Crippen molar-refractivity contribution in [1.29, 1.82) is 0 Å². The van der Waals surface area contributed by atoms with Crippen molar-refractivity contribution in [2.75, 3.05) is 0 Å². The highest BCUT2D eigenvalue weighted by molar-refractivity contribution is 5.96. The Morgan fingerprint density at radius 1 is 1.12 bits per heavy atom. The van der Waals surface area contributed by atoms with Crippen LogP contribution in [0.5, 0.6) is 0 Å². The molecule has 1 spiro atoms. The molecule has 11 atom stereocenters. The van der Waals surface area contributed by atoms with Crippen LogP contribution >= 0.6 is 0 Å². The fraction of sp³-hybridized carbons (Fsp3) is 0.750. The first kappa shape index (κ1) is 29.6. The largest absolute Gasteiger partial charge is 0.481 e. The monoisotopic (exact) mass is 580 g/mol. The van der Waals surface area contributed by atoms with E-state index in [2.05, 4.69) is 0 Å². The highest BCUT2D eigenvalue weighted by Gasteiger charge is 2.90. The third kappa shape index (κ3) is 3.71. The van der Waals surface area contributed by atoms with Gasteiger partial charge in [0.05, 0.1) is 29.1 Å².